The van der Waals surface area contributed by atoms with Crippen LogP contribution in [0, 0.1) is 0 Å². The summed E-state index contributed by atoms with van der Waals surface area (Å²) < 4.78 is 5.42. The molecule has 0 saturated heterocycles. The van der Waals surface area contributed by atoms with Crippen LogP contribution in [0.5, 0.6) is 5.75 Å². The molecule has 150 valence electrons. The maximum Gasteiger partial charge on any atom is 0.274 e. The normalized spacial score (nSPS) is 13.0. The lowest BCUT2D eigenvalue weighted by atomic mass is 10.1. The highest BCUT2D eigenvalue weighted by Crippen LogP contribution is 2.29. The van der Waals surface area contributed by atoms with Crippen molar-refractivity contribution in [1.82, 2.24) is 5.32 Å². The van der Waals surface area contributed by atoms with Gasteiger partial charge in [-0.05, 0) is 42.3 Å². The molecule has 3 aromatic carbocycles. The number of benzene rings is 3. The summed E-state index contributed by atoms with van der Waals surface area (Å²) in [6.45, 7) is 0.572. The van der Waals surface area contributed by atoms with E-state index >= 15 is 0 Å². The van der Waals surface area contributed by atoms with Gasteiger partial charge in [-0.25, -0.2) is 0 Å². The van der Waals surface area contributed by atoms with Gasteiger partial charge in [0, 0.05) is 23.4 Å². The number of para-hydroxylation sites is 2. The van der Waals surface area contributed by atoms with Crippen LogP contribution in [0.2, 0.25) is 0 Å². The average molecular weight is 398 g/mol. The number of anilines is 1. The van der Waals surface area contributed by atoms with Crippen LogP contribution >= 0.6 is 0 Å². The Labute approximate surface area is 175 Å². The second-order valence-electron chi connectivity index (χ2n) is 6.96. The molecule has 4 rings (SSSR count). The van der Waals surface area contributed by atoms with E-state index in [1.807, 2.05) is 54.6 Å². The molecule has 0 aliphatic carbocycles. The number of rotatable bonds is 5. The first kappa shape index (κ1) is 19.5. The number of fused-ring (bicyclic) bond motifs is 1. The first-order valence-corrected chi connectivity index (χ1v) is 9.78. The van der Waals surface area contributed by atoms with E-state index < -0.39 is 0 Å². The van der Waals surface area contributed by atoms with E-state index in [1.165, 1.54) is 0 Å². The van der Waals surface area contributed by atoms with Crippen LogP contribution < -0.4 is 15.0 Å². The fraction of sp³-hybridized carbons (Fsp3) is 0.120. The molecule has 0 radical (unpaired) electrons. The molecule has 1 aliphatic rings. The molecule has 5 nitrogen and oxygen atoms in total. The molecule has 0 unspecified atom stereocenters. The van der Waals surface area contributed by atoms with Crippen molar-refractivity contribution in [2.45, 2.75) is 6.42 Å². The molecule has 0 aromatic heterocycles. The standard InChI is InChI=1S/C25H22N2O3/c1-30-23-14-8-6-12-20(23)17-21(26-24(28)19-10-3-2-4-11-19)25(29)27-16-15-18-9-5-7-13-22(18)27/h2-14,17H,15-16H2,1H3,(H,26,28). The molecular formula is C25H22N2O3. The highest BCUT2D eigenvalue weighted by molar-refractivity contribution is 6.12. The highest BCUT2D eigenvalue weighted by Gasteiger charge is 2.28. The lowest BCUT2D eigenvalue weighted by Gasteiger charge is -2.20. The first-order chi connectivity index (χ1) is 14.7. The number of hydrogen-bond donors (Lipinski definition) is 1. The Kier molecular flexibility index (Phi) is 5.61. The number of amides is 2. The van der Waals surface area contributed by atoms with Gasteiger partial charge in [-0.1, -0.05) is 54.6 Å². The predicted octanol–water partition coefficient (Wildman–Crippen LogP) is 4.06. The largest absolute Gasteiger partial charge is 0.496 e. The third-order valence-corrected chi connectivity index (χ3v) is 5.09. The Bertz CT molecular complexity index is 1110. The van der Waals surface area contributed by atoms with Gasteiger partial charge in [0.2, 0.25) is 0 Å². The number of carbonyl (C=O) groups excluding carboxylic acids is 2. The van der Waals surface area contributed by atoms with Crippen LogP contribution in [0.25, 0.3) is 6.08 Å². The molecule has 1 heterocycles. The maximum absolute atomic E-state index is 13.5. The summed E-state index contributed by atoms with van der Waals surface area (Å²) in [6.07, 6.45) is 2.46. The van der Waals surface area contributed by atoms with Crippen LogP contribution in [0.3, 0.4) is 0 Å². The van der Waals surface area contributed by atoms with Gasteiger partial charge in [-0.2, -0.15) is 0 Å². The number of hydrogen-bond acceptors (Lipinski definition) is 3. The number of carbonyl (C=O) groups is 2. The molecule has 0 fully saturated rings. The lowest BCUT2D eigenvalue weighted by Crippen LogP contribution is -2.37. The van der Waals surface area contributed by atoms with Crippen molar-refractivity contribution in [3.63, 3.8) is 0 Å². The summed E-state index contributed by atoms with van der Waals surface area (Å²) in [6, 6.07) is 24.1. The second-order valence-corrected chi connectivity index (χ2v) is 6.96. The van der Waals surface area contributed by atoms with Crippen LogP contribution in [-0.4, -0.2) is 25.5 Å². The van der Waals surface area contributed by atoms with Gasteiger partial charge in [-0.3, -0.25) is 9.59 Å². The van der Waals surface area contributed by atoms with E-state index in [2.05, 4.69) is 5.32 Å². The Balaban J connectivity index is 1.71. The predicted molar refractivity (Wildman–Crippen MR) is 117 cm³/mol. The van der Waals surface area contributed by atoms with Gasteiger partial charge in [-0.15, -0.1) is 0 Å². The van der Waals surface area contributed by atoms with Crippen LogP contribution in [0.15, 0.2) is 84.6 Å². The fourth-order valence-corrected chi connectivity index (χ4v) is 3.57. The molecule has 30 heavy (non-hydrogen) atoms. The van der Waals surface area contributed by atoms with E-state index in [0.29, 0.717) is 23.4 Å². The molecule has 2 amide bonds. The number of ether oxygens (including phenoxy) is 1. The molecule has 0 atom stereocenters. The number of nitrogens with zero attached hydrogens (tertiary/aromatic N) is 1. The topological polar surface area (TPSA) is 58.6 Å². The Morgan fingerprint density at radius 3 is 2.43 bits per heavy atom. The zero-order valence-electron chi connectivity index (χ0n) is 16.7. The maximum atomic E-state index is 13.5. The summed E-state index contributed by atoms with van der Waals surface area (Å²) in [4.78, 5) is 28.0. The van der Waals surface area contributed by atoms with Crippen molar-refractivity contribution >= 4 is 23.6 Å². The molecule has 0 saturated carbocycles. The van der Waals surface area contributed by atoms with Gasteiger partial charge in [0.1, 0.15) is 11.4 Å². The van der Waals surface area contributed by atoms with E-state index in [4.69, 9.17) is 4.74 Å². The van der Waals surface area contributed by atoms with Crippen molar-refractivity contribution in [3.05, 3.63) is 101 Å². The van der Waals surface area contributed by atoms with E-state index in [9.17, 15) is 9.59 Å². The van der Waals surface area contributed by atoms with E-state index in [1.54, 1.807) is 42.4 Å². The average Bonchev–Trinajstić information content (AvgIpc) is 3.23. The summed E-state index contributed by atoms with van der Waals surface area (Å²) in [5.74, 6) is 0.0336. The quantitative estimate of drug-likeness (QED) is 0.660. The Morgan fingerprint density at radius 1 is 0.933 bits per heavy atom. The minimum atomic E-state index is -0.336. The third-order valence-electron chi connectivity index (χ3n) is 5.09. The van der Waals surface area contributed by atoms with Gasteiger partial charge in [0.25, 0.3) is 11.8 Å². The molecule has 0 bridgehead atoms. The molecular weight excluding hydrogens is 376 g/mol. The van der Waals surface area contributed by atoms with Crippen molar-refractivity contribution in [2.24, 2.45) is 0 Å². The van der Waals surface area contributed by atoms with Crippen molar-refractivity contribution in [2.75, 3.05) is 18.6 Å². The van der Waals surface area contributed by atoms with Gasteiger partial charge < -0.3 is 15.0 Å². The highest BCUT2D eigenvalue weighted by atomic mass is 16.5. The van der Waals surface area contributed by atoms with Gasteiger partial charge >= 0.3 is 0 Å². The summed E-state index contributed by atoms with van der Waals surface area (Å²) in [5, 5.41) is 2.82. The van der Waals surface area contributed by atoms with Gasteiger partial charge in [0.05, 0.1) is 7.11 Å². The Hall–Kier alpha value is -3.86. The summed E-state index contributed by atoms with van der Waals surface area (Å²) in [7, 11) is 1.58. The summed E-state index contributed by atoms with van der Waals surface area (Å²) in [5.41, 5.74) is 3.39. The van der Waals surface area contributed by atoms with Crippen LogP contribution in [0.1, 0.15) is 21.5 Å². The minimum Gasteiger partial charge on any atom is -0.496 e. The smallest absolute Gasteiger partial charge is 0.274 e. The van der Waals surface area contributed by atoms with Gasteiger partial charge in [0.15, 0.2) is 0 Å². The first-order valence-electron chi connectivity index (χ1n) is 9.78. The molecule has 3 aromatic rings. The SMILES string of the molecule is COc1ccccc1C=C(NC(=O)c1ccccc1)C(=O)N1CCc2ccccc21. The van der Waals surface area contributed by atoms with Crippen LogP contribution in [0.4, 0.5) is 5.69 Å². The molecule has 0 spiro atoms. The lowest BCUT2D eigenvalue weighted by molar-refractivity contribution is -0.115. The van der Waals surface area contributed by atoms with E-state index in [0.717, 1.165) is 17.7 Å². The number of methoxy groups -OCH3 is 1. The molecule has 5 heteroatoms. The van der Waals surface area contributed by atoms with Crippen molar-refractivity contribution in [1.29, 1.82) is 0 Å². The van der Waals surface area contributed by atoms with Crippen LogP contribution in [-0.2, 0) is 11.2 Å². The van der Waals surface area contributed by atoms with Crippen molar-refractivity contribution in [3.8, 4) is 5.75 Å². The minimum absolute atomic E-state index is 0.199. The number of nitrogens with one attached hydrogen (secondary N) is 1. The Morgan fingerprint density at radius 2 is 1.63 bits per heavy atom. The third kappa shape index (κ3) is 3.96. The second kappa shape index (κ2) is 8.66. The van der Waals surface area contributed by atoms with Crippen molar-refractivity contribution < 1.29 is 14.3 Å². The summed E-state index contributed by atoms with van der Waals surface area (Å²) >= 11 is 0. The zero-order valence-corrected chi connectivity index (χ0v) is 16.7. The monoisotopic (exact) mass is 398 g/mol. The molecule has 1 N–H and O–H groups in total. The fourth-order valence-electron chi connectivity index (χ4n) is 3.57. The molecule has 1 aliphatic heterocycles. The van der Waals surface area contributed by atoms with E-state index in [-0.39, 0.29) is 17.5 Å². The zero-order chi connectivity index (χ0) is 20.9.